The predicted molar refractivity (Wildman–Crippen MR) is 84.8 cm³/mol. The van der Waals surface area contributed by atoms with Gasteiger partial charge in [0.05, 0.1) is 23.1 Å². The molecule has 7 heteroatoms. The maximum absolute atomic E-state index is 11.6. The first-order valence-corrected chi connectivity index (χ1v) is 7.25. The largest absolute Gasteiger partial charge is 0.478 e. The lowest BCUT2D eigenvalue weighted by Crippen LogP contribution is -2.20. The van der Waals surface area contributed by atoms with E-state index in [1.54, 1.807) is 41.2 Å². The van der Waals surface area contributed by atoms with Gasteiger partial charge in [-0.2, -0.15) is 5.10 Å². The molecule has 0 spiro atoms. The van der Waals surface area contributed by atoms with E-state index in [4.69, 9.17) is 0 Å². The number of carbonyl (C=O) groups is 1. The van der Waals surface area contributed by atoms with Crippen LogP contribution >= 0.6 is 0 Å². The van der Waals surface area contributed by atoms with Crippen molar-refractivity contribution in [2.45, 2.75) is 13.3 Å². The van der Waals surface area contributed by atoms with E-state index >= 15 is 0 Å². The highest BCUT2D eigenvalue weighted by Crippen LogP contribution is 2.34. The molecule has 23 heavy (non-hydrogen) atoms. The normalized spacial score (nSPS) is 10.9. The molecule has 3 rings (SSSR count). The molecule has 0 radical (unpaired) electrons. The summed E-state index contributed by atoms with van der Waals surface area (Å²) in [5, 5.41) is 25.1. The van der Waals surface area contributed by atoms with Crippen molar-refractivity contribution in [2.24, 2.45) is 0 Å². The molecule has 0 aliphatic rings. The number of carboxylic acids is 1. The Labute approximate surface area is 132 Å². The molecule has 3 aromatic rings. The van der Waals surface area contributed by atoms with Gasteiger partial charge in [-0.1, -0.05) is 13.0 Å². The lowest BCUT2D eigenvalue weighted by Gasteiger charge is -2.20. The molecule has 0 fully saturated rings. The minimum Gasteiger partial charge on any atom is -0.478 e. The van der Waals surface area contributed by atoms with Crippen LogP contribution in [0.3, 0.4) is 0 Å². The molecule has 0 saturated carbocycles. The highest BCUT2D eigenvalue weighted by atomic mass is 16.5. The highest BCUT2D eigenvalue weighted by Gasteiger charge is 2.21. The molecule has 0 aliphatic heterocycles. The summed E-state index contributed by atoms with van der Waals surface area (Å²) in [5.41, 5.74) is 2.02. The minimum absolute atomic E-state index is 0.0881. The number of fused-ring (bicyclic) bond motifs is 1. The number of nitrogens with zero attached hydrogens (tertiary/aromatic N) is 4. The van der Waals surface area contributed by atoms with Crippen LogP contribution in [-0.2, 0) is 0 Å². The van der Waals surface area contributed by atoms with Crippen LogP contribution in [0, 0.1) is 0 Å². The van der Waals surface area contributed by atoms with Crippen molar-refractivity contribution >= 4 is 17.3 Å². The Kier molecular flexibility index (Phi) is 3.94. The van der Waals surface area contributed by atoms with Gasteiger partial charge in [0.15, 0.2) is 5.65 Å². The van der Waals surface area contributed by atoms with Crippen LogP contribution in [0.15, 0.2) is 42.7 Å². The van der Waals surface area contributed by atoms with Crippen LogP contribution in [0.2, 0.25) is 0 Å². The molecule has 118 valence electrons. The van der Waals surface area contributed by atoms with E-state index in [1.165, 1.54) is 6.07 Å². The predicted octanol–water partition coefficient (Wildman–Crippen LogP) is 2.70. The molecule has 0 atom stereocenters. The van der Waals surface area contributed by atoms with Crippen molar-refractivity contribution in [2.75, 3.05) is 11.6 Å². The standard InChI is InChI=1S/C16H16N4O3/c1-2-9-19(23)12-6-3-5-11(16(21)22)15(12)13-10-17-14-7-4-8-18-20(13)14/h3-8,10,23H,2,9H2,1H3,(H,21,22). The Hall–Kier alpha value is -2.93. The van der Waals surface area contributed by atoms with Gasteiger partial charge in [0.25, 0.3) is 0 Å². The van der Waals surface area contributed by atoms with Crippen LogP contribution in [0.1, 0.15) is 23.7 Å². The Balaban J connectivity index is 2.29. The highest BCUT2D eigenvalue weighted by molar-refractivity contribution is 5.99. The van der Waals surface area contributed by atoms with E-state index in [0.717, 1.165) is 11.5 Å². The van der Waals surface area contributed by atoms with Crippen LogP contribution in [0.5, 0.6) is 0 Å². The Morgan fingerprint density at radius 2 is 2.13 bits per heavy atom. The number of aromatic nitrogens is 3. The quantitative estimate of drug-likeness (QED) is 0.704. The fourth-order valence-corrected chi connectivity index (χ4v) is 2.53. The SMILES string of the molecule is CCCN(O)c1cccc(C(=O)O)c1-c1cnc2cccnn12. The number of carboxylic acid groups (broad SMARTS) is 1. The number of hydrogen-bond acceptors (Lipinski definition) is 5. The van der Waals surface area contributed by atoms with Crippen molar-refractivity contribution in [3.63, 3.8) is 0 Å². The summed E-state index contributed by atoms with van der Waals surface area (Å²) < 4.78 is 1.56. The van der Waals surface area contributed by atoms with E-state index in [0.29, 0.717) is 29.1 Å². The molecule has 0 aliphatic carbocycles. The number of rotatable bonds is 5. The number of hydroxylamine groups is 1. The molecule has 2 N–H and O–H groups in total. The molecular formula is C16H16N4O3. The number of benzene rings is 1. The second-order valence-electron chi connectivity index (χ2n) is 5.07. The van der Waals surface area contributed by atoms with Crippen LogP contribution in [-0.4, -0.2) is 37.4 Å². The third kappa shape index (κ3) is 2.62. The van der Waals surface area contributed by atoms with Gasteiger partial charge in [-0.3, -0.25) is 10.3 Å². The average molecular weight is 312 g/mol. The van der Waals surface area contributed by atoms with Crippen molar-refractivity contribution in [1.82, 2.24) is 14.6 Å². The van der Waals surface area contributed by atoms with Crippen molar-refractivity contribution in [3.8, 4) is 11.3 Å². The zero-order chi connectivity index (χ0) is 16.4. The third-order valence-corrected chi connectivity index (χ3v) is 3.52. The third-order valence-electron chi connectivity index (χ3n) is 3.52. The summed E-state index contributed by atoms with van der Waals surface area (Å²) >= 11 is 0. The molecule has 0 saturated heterocycles. The van der Waals surface area contributed by atoms with Gasteiger partial charge in [-0.15, -0.1) is 0 Å². The summed E-state index contributed by atoms with van der Waals surface area (Å²) in [7, 11) is 0. The Morgan fingerprint density at radius 3 is 2.87 bits per heavy atom. The van der Waals surface area contributed by atoms with E-state index in [9.17, 15) is 15.1 Å². The van der Waals surface area contributed by atoms with Gasteiger partial charge < -0.3 is 5.11 Å². The molecule has 2 heterocycles. The average Bonchev–Trinajstić information content (AvgIpc) is 2.98. The summed E-state index contributed by atoms with van der Waals surface area (Å²) in [5.74, 6) is -1.07. The van der Waals surface area contributed by atoms with Crippen LogP contribution < -0.4 is 5.06 Å². The zero-order valence-corrected chi connectivity index (χ0v) is 12.5. The smallest absolute Gasteiger partial charge is 0.336 e. The monoisotopic (exact) mass is 312 g/mol. The van der Waals surface area contributed by atoms with Gasteiger partial charge in [-0.25, -0.2) is 14.3 Å². The van der Waals surface area contributed by atoms with Crippen LogP contribution in [0.4, 0.5) is 5.69 Å². The molecule has 2 aromatic heterocycles. The molecule has 0 bridgehead atoms. The minimum atomic E-state index is -1.07. The van der Waals surface area contributed by atoms with Gasteiger partial charge in [0.2, 0.25) is 0 Å². The first kappa shape index (κ1) is 15.0. The molecular weight excluding hydrogens is 296 g/mol. The van der Waals surface area contributed by atoms with Crippen LogP contribution in [0.25, 0.3) is 16.9 Å². The summed E-state index contributed by atoms with van der Waals surface area (Å²) in [4.78, 5) is 15.9. The first-order valence-electron chi connectivity index (χ1n) is 7.25. The second-order valence-corrected chi connectivity index (χ2v) is 5.07. The lowest BCUT2D eigenvalue weighted by molar-refractivity contribution is 0.0697. The summed E-state index contributed by atoms with van der Waals surface area (Å²) in [6.07, 6.45) is 3.88. The van der Waals surface area contributed by atoms with Gasteiger partial charge in [-0.05, 0) is 30.7 Å². The van der Waals surface area contributed by atoms with Crippen molar-refractivity contribution in [3.05, 3.63) is 48.3 Å². The summed E-state index contributed by atoms with van der Waals surface area (Å²) in [6.45, 7) is 2.32. The van der Waals surface area contributed by atoms with E-state index in [2.05, 4.69) is 10.1 Å². The number of hydrogen-bond donors (Lipinski definition) is 2. The molecule has 1 aromatic carbocycles. The van der Waals surface area contributed by atoms with Crippen molar-refractivity contribution < 1.29 is 15.1 Å². The van der Waals surface area contributed by atoms with Gasteiger partial charge in [0.1, 0.15) is 0 Å². The molecule has 0 unspecified atom stereocenters. The second kappa shape index (κ2) is 6.05. The lowest BCUT2D eigenvalue weighted by atomic mass is 10.0. The number of aromatic carboxylic acids is 1. The van der Waals surface area contributed by atoms with Crippen molar-refractivity contribution in [1.29, 1.82) is 0 Å². The Morgan fingerprint density at radius 1 is 1.30 bits per heavy atom. The van der Waals surface area contributed by atoms with Gasteiger partial charge >= 0.3 is 5.97 Å². The van der Waals surface area contributed by atoms with E-state index in [-0.39, 0.29) is 5.56 Å². The fourth-order valence-electron chi connectivity index (χ4n) is 2.53. The van der Waals surface area contributed by atoms with E-state index in [1.807, 2.05) is 6.92 Å². The van der Waals surface area contributed by atoms with E-state index < -0.39 is 5.97 Å². The number of anilines is 1. The summed E-state index contributed by atoms with van der Waals surface area (Å²) in [6, 6.07) is 8.33. The fraction of sp³-hybridized carbons (Fsp3) is 0.188. The Bertz CT molecular complexity index is 859. The van der Waals surface area contributed by atoms with Gasteiger partial charge in [0, 0.05) is 18.3 Å². The number of imidazole rings is 1. The maximum Gasteiger partial charge on any atom is 0.336 e. The maximum atomic E-state index is 11.6. The zero-order valence-electron chi connectivity index (χ0n) is 12.5. The molecule has 7 nitrogen and oxygen atoms in total. The topological polar surface area (TPSA) is 91.0 Å². The molecule has 0 amide bonds. The first-order chi connectivity index (χ1) is 11.1.